The molecule has 0 radical (unpaired) electrons. The molecule has 0 fully saturated rings. The van der Waals surface area contributed by atoms with Crippen molar-refractivity contribution in [3.63, 3.8) is 0 Å². The summed E-state index contributed by atoms with van der Waals surface area (Å²) in [4.78, 5) is 6.10. The van der Waals surface area contributed by atoms with Gasteiger partial charge in [0.05, 0.1) is 10.6 Å². The number of hydrogen-bond donors (Lipinski definition) is 1. The number of nitrogens with one attached hydrogen (secondary N) is 1. The molecule has 1 aromatic carbocycles. The molecule has 2 heterocycles. The van der Waals surface area contributed by atoms with Gasteiger partial charge in [-0.1, -0.05) is 37.3 Å². The third-order valence-corrected chi connectivity index (χ3v) is 4.92. The average molecular weight is 300 g/mol. The average Bonchev–Trinajstić information content (AvgIpc) is 3.15. The predicted octanol–water partition coefficient (Wildman–Crippen LogP) is 4.65. The molecule has 1 N–H and O–H groups in total. The van der Waals surface area contributed by atoms with Crippen molar-refractivity contribution in [1.82, 2.24) is 10.3 Å². The predicted molar refractivity (Wildman–Crippen MR) is 88.2 cm³/mol. The molecule has 0 atom stereocenters. The summed E-state index contributed by atoms with van der Waals surface area (Å²) in [7, 11) is 0. The second kappa shape index (κ2) is 6.31. The molecular weight excluding hydrogens is 284 g/mol. The van der Waals surface area contributed by atoms with Gasteiger partial charge in [-0.15, -0.1) is 11.3 Å². The normalized spacial score (nSPS) is 10.8. The molecule has 0 spiro atoms. The summed E-state index contributed by atoms with van der Waals surface area (Å²) < 4.78 is 0. The van der Waals surface area contributed by atoms with E-state index in [-0.39, 0.29) is 0 Å². The second-order valence-electron chi connectivity index (χ2n) is 4.45. The molecule has 2 aromatic heterocycles. The van der Waals surface area contributed by atoms with Crippen molar-refractivity contribution in [2.75, 3.05) is 6.54 Å². The van der Waals surface area contributed by atoms with Crippen molar-refractivity contribution in [3.05, 3.63) is 52.9 Å². The van der Waals surface area contributed by atoms with E-state index in [1.54, 1.807) is 22.7 Å². The van der Waals surface area contributed by atoms with E-state index in [9.17, 15) is 0 Å². The van der Waals surface area contributed by atoms with Crippen LogP contribution in [0.2, 0.25) is 0 Å². The van der Waals surface area contributed by atoms with E-state index in [0.717, 1.165) is 23.8 Å². The third-order valence-electron chi connectivity index (χ3n) is 3.04. The molecule has 0 saturated heterocycles. The van der Waals surface area contributed by atoms with Gasteiger partial charge in [0.25, 0.3) is 0 Å². The summed E-state index contributed by atoms with van der Waals surface area (Å²) in [5, 5.41) is 8.75. The molecule has 0 aliphatic carbocycles. The summed E-state index contributed by atoms with van der Waals surface area (Å²) in [6, 6.07) is 12.6. The summed E-state index contributed by atoms with van der Waals surface area (Å²) in [5.74, 6) is 0. The number of aromatic nitrogens is 1. The van der Waals surface area contributed by atoms with Gasteiger partial charge in [-0.05, 0) is 23.6 Å². The summed E-state index contributed by atoms with van der Waals surface area (Å²) in [6.07, 6.45) is 0. The lowest BCUT2D eigenvalue weighted by molar-refractivity contribution is 0.716. The summed E-state index contributed by atoms with van der Waals surface area (Å²) >= 11 is 3.49. The quantitative estimate of drug-likeness (QED) is 0.742. The van der Waals surface area contributed by atoms with Crippen LogP contribution >= 0.6 is 22.7 Å². The summed E-state index contributed by atoms with van der Waals surface area (Å²) in [5.41, 5.74) is 3.61. The molecule has 20 heavy (non-hydrogen) atoms. The van der Waals surface area contributed by atoms with Crippen molar-refractivity contribution in [3.8, 4) is 21.0 Å². The molecular formula is C16H16N2S2. The maximum absolute atomic E-state index is 4.83. The standard InChI is InChI=1S/C16H16N2S2/c1-2-17-10-14-15(12-6-4-3-5-7-12)20-16(18-14)13-8-9-19-11-13/h3-9,11,17H,2,10H2,1H3. The van der Waals surface area contributed by atoms with Crippen molar-refractivity contribution >= 4 is 22.7 Å². The van der Waals surface area contributed by atoms with E-state index >= 15 is 0 Å². The highest BCUT2D eigenvalue weighted by Crippen LogP contribution is 2.36. The maximum Gasteiger partial charge on any atom is 0.125 e. The molecule has 3 aromatic rings. The van der Waals surface area contributed by atoms with Crippen LogP contribution in [0, 0.1) is 0 Å². The number of nitrogens with zero attached hydrogens (tertiary/aromatic N) is 1. The minimum atomic E-state index is 0.821. The van der Waals surface area contributed by atoms with Crippen LogP contribution in [0.25, 0.3) is 21.0 Å². The fraction of sp³-hybridized carbons (Fsp3) is 0.188. The van der Waals surface area contributed by atoms with Crippen LogP contribution in [0.4, 0.5) is 0 Å². The smallest absolute Gasteiger partial charge is 0.125 e. The Hall–Kier alpha value is -1.49. The van der Waals surface area contributed by atoms with Gasteiger partial charge in [-0.2, -0.15) is 11.3 Å². The highest BCUT2D eigenvalue weighted by atomic mass is 32.1. The monoisotopic (exact) mass is 300 g/mol. The minimum Gasteiger partial charge on any atom is -0.311 e. The SMILES string of the molecule is CCNCc1nc(-c2ccsc2)sc1-c1ccccc1. The van der Waals surface area contributed by atoms with E-state index in [0.29, 0.717) is 0 Å². The lowest BCUT2D eigenvalue weighted by Crippen LogP contribution is -2.12. The minimum absolute atomic E-state index is 0.821. The maximum atomic E-state index is 4.83. The van der Waals surface area contributed by atoms with Gasteiger partial charge < -0.3 is 5.32 Å². The van der Waals surface area contributed by atoms with Gasteiger partial charge in [-0.25, -0.2) is 4.98 Å². The zero-order valence-corrected chi connectivity index (χ0v) is 12.9. The Kier molecular flexibility index (Phi) is 4.25. The molecule has 0 unspecified atom stereocenters. The molecule has 0 bridgehead atoms. The van der Waals surface area contributed by atoms with Crippen LogP contribution in [0.5, 0.6) is 0 Å². The first kappa shape index (κ1) is 13.5. The highest BCUT2D eigenvalue weighted by molar-refractivity contribution is 7.19. The Bertz CT molecular complexity index is 657. The lowest BCUT2D eigenvalue weighted by Gasteiger charge is -2.02. The Labute approximate surface area is 127 Å². The third kappa shape index (κ3) is 2.82. The Balaban J connectivity index is 2.02. The first-order chi connectivity index (χ1) is 9.88. The fourth-order valence-electron chi connectivity index (χ4n) is 2.04. The van der Waals surface area contributed by atoms with E-state index in [4.69, 9.17) is 4.98 Å². The summed E-state index contributed by atoms with van der Waals surface area (Å²) in [6.45, 7) is 3.90. The van der Waals surface area contributed by atoms with Crippen LogP contribution in [-0.2, 0) is 6.54 Å². The van der Waals surface area contributed by atoms with Crippen LogP contribution < -0.4 is 5.32 Å². The fourth-order valence-corrected chi connectivity index (χ4v) is 3.84. The van der Waals surface area contributed by atoms with Gasteiger partial charge in [-0.3, -0.25) is 0 Å². The first-order valence-electron chi connectivity index (χ1n) is 6.67. The second-order valence-corrected chi connectivity index (χ2v) is 6.23. The molecule has 0 saturated carbocycles. The molecule has 0 amide bonds. The van der Waals surface area contributed by atoms with Gasteiger partial charge in [0.15, 0.2) is 0 Å². The lowest BCUT2D eigenvalue weighted by atomic mass is 10.1. The van der Waals surface area contributed by atoms with Gasteiger partial charge in [0.1, 0.15) is 5.01 Å². The van der Waals surface area contributed by atoms with Gasteiger partial charge >= 0.3 is 0 Å². The van der Waals surface area contributed by atoms with Crippen molar-refractivity contribution in [2.24, 2.45) is 0 Å². The van der Waals surface area contributed by atoms with Crippen molar-refractivity contribution < 1.29 is 0 Å². The number of thiophene rings is 1. The van der Waals surface area contributed by atoms with E-state index < -0.39 is 0 Å². The van der Waals surface area contributed by atoms with Crippen LogP contribution in [0.1, 0.15) is 12.6 Å². The zero-order valence-electron chi connectivity index (χ0n) is 11.3. The molecule has 2 nitrogen and oxygen atoms in total. The number of rotatable bonds is 5. The Morgan fingerprint density at radius 3 is 2.65 bits per heavy atom. The molecule has 3 rings (SSSR count). The number of benzene rings is 1. The van der Waals surface area contributed by atoms with E-state index in [2.05, 4.69) is 53.3 Å². The van der Waals surface area contributed by atoms with Crippen molar-refractivity contribution in [2.45, 2.75) is 13.5 Å². The van der Waals surface area contributed by atoms with Crippen LogP contribution in [0.3, 0.4) is 0 Å². The molecule has 0 aliphatic heterocycles. The number of thiazole rings is 1. The van der Waals surface area contributed by atoms with E-state index in [1.807, 2.05) is 6.07 Å². The van der Waals surface area contributed by atoms with Gasteiger partial charge in [0, 0.05) is 17.5 Å². The van der Waals surface area contributed by atoms with Gasteiger partial charge in [0.2, 0.25) is 0 Å². The molecule has 4 heteroatoms. The zero-order chi connectivity index (χ0) is 13.8. The molecule has 0 aliphatic rings. The largest absolute Gasteiger partial charge is 0.311 e. The first-order valence-corrected chi connectivity index (χ1v) is 8.43. The highest BCUT2D eigenvalue weighted by Gasteiger charge is 2.13. The number of hydrogen-bond acceptors (Lipinski definition) is 4. The van der Waals surface area contributed by atoms with Crippen LogP contribution in [-0.4, -0.2) is 11.5 Å². The van der Waals surface area contributed by atoms with Crippen LogP contribution in [0.15, 0.2) is 47.2 Å². The topological polar surface area (TPSA) is 24.9 Å². The Morgan fingerprint density at radius 2 is 1.95 bits per heavy atom. The Morgan fingerprint density at radius 1 is 1.10 bits per heavy atom. The molecule has 102 valence electrons. The van der Waals surface area contributed by atoms with E-state index in [1.165, 1.54) is 16.0 Å². The van der Waals surface area contributed by atoms with Crippen molar-refractivity contribution in [1.29, 1.82) is 0 Å².